The summed E-state index contributed by atoms with van der Waals surface area (Å²) in [5.41, 5.74) is 3.09. The Kier molecular flexibility index (Phi) is 6.56. The van der Waals surface area contributed by atoms with Gasteiger partial charge >= 0.3 is 11.9 Å². The molecule has 1 aromatic heterocycles. The standard InChI is InChI=1S/C22H23NO6S/c1-13(8-10-18(24)29-23-11-5-4-6-17(23)30)7-9-15-20(25)19-16(12-28-22(19)26)14(2)21(15)27-3/h4-7,11,25H,8-10,12H2,1-3H3/b13-7+. The molecular formula is C22H23NO6S. The molecule has 2 heterocycles. The van der Waals surface area contributed by atoms with Gasteiger partial charge in [-0.05, 0) is 44.4 Å². The van der Waals surface area contributed by atoms with Crippen LogP contribution >= 0.6 is 12.2 Å². The summed E-state index contributed by atoms with van der Waals surface area (Å²) in [6.07, 6.45) is 4.48. The van der Waals surface area contributed by atoms with Crippen molar-refractivity contribution in [3.05, 3.63) is 62.9 Å². The number of phenolic OH excluding ortho intramolecular Hbond substituents is 1. The molecule has 0 atom stereocenters. The molecular weight excluding hydrogens is 406 g/mol. The number of aromatic nitrogens is 1. The molecule has 30 heavy (non-hydrogen) atoms. The molecule has 0 unspecified atom stereocenters. The van der Waals surface area contributed by atoms with Gasteiger partial charge in [0.1, 0.15) is 28.3 Å². The maximum Gasteiger partial charge on any atom is 0.342 e. The van der Waals surface area contributed by atoms with Crippen molar-refractivity contribution in [1.82, 2.24) is 4.73 Å². The lowest BCUT2D eigenvalue weighted by atomic mass is 9.94. The summed E-state index contributed by atoms with van der Waals surface area (Å²) in [7, 11) is 1.52. The van der Waals surface area contributed by atoms with Crippen molar-refractivity contribution >= 4 is 24.2 Å². The van der Waals surface area contributed by atoms with Crippen molar-refractivity contribution in [3.8, 4) is 11.5 Å². The molecule has 0 amide bonds. The smallest absolute Gasteiger partial charge is 0.342 e. The number of hydrogen-bond acceptors (Lipinski definition) is 7. The minimum absolute atomic E-state index is 0.114. The lowest BCUT2D eigenvalue weighted by Crippen LogP contribution is -2.19. The topological polar surface area (TPSA) is 87.0 Å². The Balaban J connectivity index is 1.70. The van der Waals surface area contributed by atoms with Crippen LogP contribution in [0.15, 0.2) is 36.0 Å². The van der Waals surface area contributed by atoms with Crippen LogP contribution in [0.25, 0.3) is 0 Å². The Morgan fingerprint density at radius 1 is 1.37 bits per heavy atom. The third-order valence-corrected chi connectivity index (χ3v) is 5.33. The molecule has 0 fully saturated rings. The van der Waals surface area contributed by atoms with Gasteiger partial charge in [-0.3, -0.25) is 0 Å². The van der Waals surface area contributed by atoms with Crippen LogP contribution < -0.4 is 9.57 Å². The molecule has 0 bridgehead atoms. The molecule has 0 spiro atoms. The van der Waals surface area contributed by atoms with E-state index in [1.54, 1.807) is 24.4 Å². The van der Waals surface area contributed by atoms with Crippen molar-refractivity contribution in [2.24, 2.45) is 0 Å². The maximum atomic E-state index is 12.1. The summed E-state index contributed by atoms with van der Waals surface area (Å²) in [5.74, 6) is -0.512. The molecule has 1 aliphatic rings. The molecule has 1 N–H and O–H groups in total. The number of fused-ring (bicyclic) bond motifs is 1. The molecule has 2 aromatic rings. The van der Waals surface area contributed by atoms with Crippen molar-refractivity contribution in [1.29, 1.82) is 0 Å². The second kappa shape index (κ2) is 9.13. The number of carbonyl (C=O) groups excluding carboxylic acids is 2. The molecule has 0 radical (unpaired) electrons. The monoisotopic (exact) mass is 429 g/mol. The first-order valence-electron chi connectivity index (χ1n) is 9.46. The van der Waals surface area contributed by atoms with E-state index in [2.05, 4.69) is 0 Å². The van der Waals surface area contributed by atoms with Gasteiger partial charge in [0.05, 0.1) is 13.5 Å². The van der Waals surface area contributed by atoms with Crippen molar-refractivity contribution in [3.63, 3.8) is 0 Å². The normalized spacial score (nSPS) is 13.0. The summed E-state index contributed by atoms with van der Waals surface area (Å²) in [6.45, 7) is 3.86. The summed E-state index contributed by atoms with van der Waals surface area (Å²) in [4.78, 5) is 29.3. The highest BCUT2D eigenvalue weighted by Crippen LogP contribution is 2.42. The van der Waals surface area contributed by atoms with E-state index >= 15 is 0 Å². The minimum atomic E-state index is -0.530. The highest BCUT2D eigenvalue weighted by Gasteiger charge is 2.31. The van der Waals surface area contributed by atoms with Crippen molar-refractivity contribution in [2.45, 2.75) is 39.7 Å². The Bertz CT molecular complexity index is 1090. The van der Waals surface area contributed by atoms with Crippen LogP contribution in [-0.4, -0.2) is 28.9 Å². The van der Waals surface area contributed by atoms with E-state index in [0.717, 1.165) is 11.1 Å². The number of esters is 1. The van der Waals surface area contributed by atoms with Crippen molar-refractivity contribution in [2.75, 3.05) is 7.11 Å². The highest BCUT2D eigenvalue weighted by molar-refractivity contribution is 7.71. The molecule has 1 aromatic carbocycles. The number of nitrogens with zero attached hydrogens (tertiary/aromatic N) is 1. The first kappa shape index (κ1) is 21.6. The second-order valence-corrected chi connectivity index (χ2v) is 7.42. The number of benzene rings is 1. The Morgan fingerprint density at radius 2 is 2.13 bits per heavy atom. The number of ether oxygens (including phenoxy) is 2. The Labute approximate surface area is 179 Å². The number of allylic oxidation sites excluding steroid dienone is 2. The number of pyridine rings is 1. The number of hydrogen-bond donors (Lipinski definition) is 1. The SMILES string of the molecule is COc1c(C)c2c(c(O)c1C/C=C(\C)CCC(=O)On1ccccc1=S)C(=O)OC2. The number of aromatic hydroxyl groups is 1. The number of carbonyl (C=O) groups is 2. The van der Waals surface area contributed by atoms with E-state index in [1.807, 2.05) is 19.9 Å². The largest absolute Gasteiger partial charge is 0.507 e. The van der Waals surface area contributed by atoms with E-state index < -0.39 is 11.9 Å². The molecule has 8 heteroatoms. The zero-order valence-electron chi connectivity index (χ0n) is 17.1. The predicted molar refractivity (Wildman–Crippen MR) is 112 cm³/mol. The van der Waals surface area contributed by atoms with E-state index in [1.165, 1.54) is 11.8 Å². The third kappa shape index (κ3) is 4.38. The number of rotatable bonds is 7. The third-order valence-electron chi connectivity index (χ3n) is 5.01. The lowest BCUT2D eigenvalue weighted by molar-refractivity contribution is -0.144. The van der Waals surface area contributed by atoms with E-state index in [0.29, 0.717) is 34.4 Å². The molecule has 0 saturated heterocycles. The second-order valence-electron chi connectivity index (χ2n) is 7.00. The first-order valence-corrected chi connectivity index (χ1v) is 9.87. The fourth-order valence-electron chi connectivity index (χ4n) is 3.35. The summed E-state index contributed by atoms with van der Waals surface area (Å²) in [6, 6.07) is 5.16. The average Bonchev–Trinajstić information content (AvgIpc) is 3.11. The van der Waals surface area contributed by atoms with Crippen LogP contribution in [0.3, 0.4) is 0 Å². The van der Waals surface area contributed by atoms with Gasteiger partial charge in [0, 0.05) is 17.3 Å². The quantitative estimate of drug-likeness (QED) is 0.407. The Morgan fingerprint density at radius 3 is 2.83 bits per heavy atom. The molecule has 7 nitrogen and oxygen atoms in total. The van der Waals surface area contributed by atoms with Crippen LogP contribution in [0.5, 0.6) is 11.5 Å². The lowest BCUT2D eigenvalue weighted by Gasteiger charge is -2.15. The van der Waals surface area contributed by atoms with Gasteiger partial charge in [0.25, 0.3) is 0 Å². The zero-order chi connectivity index (χ0) is 21.8. The number of phenols is 1. The fraction of sp³-hybridized carbons (Fsp3) is 0.318. The van der Waals surface area contributed by atoms with E-state index in [9.17, 15) is 14.7 Å². The maximum absolute atomic E-state index is 12.1. The summed E-state index contributed by atoms with van der Waals surface area (Å²) < 4.78 is 12.2. The van der Waals surface area contributed by atoms with Gasteiger partial charge in [0.15, 0.2) is 0 Å². The summed E-state index contributed by atoms with van der Waals surface area (Å²) in [5, 5.41) is 10.6. The van der Waals surface area contributed by atoms with Gasteiger partial charge in [0.2, 0.25) is 0 Å². The van der Waals surface area contributed by atoms with E-state index in [-0.39, 0.29) is 24.3 Å². The van der Waals surface area contributed by atoms with Gasteiger partial charge in [-0.15, -0.1) is 0 Å². The first-order chi connectivity index (χ1) is 14.3. The van der Waals surface area contributed by atoms with Crippen LogP contribution in [0.2, 0.25) is 0 Å². The molecule has 0 aliphatic carbocycles. The summed E-state index contributed by atoms with van der Waals surface area (Å²) >= 11 is 5.10. The Hall–Kier alpha value is -3.13. The predicted octanol–water partition coefficient (Wildman–Crippen LogP) is 3.84. The average molecular weight is 429 g/mol. The molecule has 158 valence electrons. The van der Waals surface area contributed by atoms with Gasteiger partial charge < -0.3 is 19.4 Å². The highest BCUT2D eigenvalue weighted by atomic mass is 32.1. The minimum Gasteiger partial charge on any atom is -0.507 e. The van der Waals surface area contributed by atoms with Crippen molar-refractivity contribution < 1.29 is 29.0 Å². The molecule has 1 aliphatic heterocycles. The number of methoxy groups -OCH3 is 1. The van der Waals surface area contributed by atoms with E-state index in [4.69, 9.17) is 26.5 Å². The van der Waals surface area contributed by atoms with Crippen LogP contribution in [0.4, 0.5) is 0 Å². The number of cyclic esters (lactones) is 1. The van der Waals surface area contributed by atoms with Crippen LogP contribution in [0, 0.1) is 11.6 Å². The van der Waals surface area contributed by atoms with Gasteiger partial charge in [-0.1, -0.05) is 29.9 Å². The zero-order valence-corrected chi connectivity index (χ0v) is 17.9. The molecule has 3 rings (SSSR count). The van der Waals surface area contributed by atoms with Gasteiger partial charge in [-0.2, -0.15) is 4.73 Å². The van der Waals surface area contributed by atoms with Crippen LogP contribution in [-0.2, 0) is 22.6 Å². The molecule has 0 saturated carbocycles. The fourth-order valence-corrected chi connectivity index (χ4v) is 3.53. The van der Waals surface area contributed by atoms with Crippen LogP contribution in [0.1, 0.15) is 46.8 Å². The van der Waals surface area contributed by atoms with Gasteiger partial charge in [-0.25, -0.2) is 9.59 Å².